The molecule has 0 bridgehead atoms. The highest BCUT2D eigenvalue weighted by Gasteiger charge is 2.43. The van der Waals surface area contributed by atoms with Gasteiger partial charge >= 0.3 is 5.97 Å². The zero-order valence-electron chi connectivity index (χ0n) is 8.19. The summed E-state index contributed by atoms with van der Waals surface area (Å²) in [7, 11) is 0. The van der Waals surface area contributed by atoms with Gasteiger partial charge in [0, 0.05) is 12.5 Å². The van der Waals surface area contributed by atoms with Gasteiger partial charge < -0.3 is 9.47 Å². The Morgan fingerprint density at radius 1 is 1.29 bits per heavy atom. The predicted molar refractivity (Wildman–Crippen MR) is 50.4 cm³/mol. The monoisotopic (exact) mass is 192 g/mol. The number of ether oxygens (including phenoxy) is 2. The zero-order valence-corrected chi connectivity index (χ0v) is 8.19. The Balaban J connectivity index is 2.31. The largest absolute Gasteiger partial charge is 0.427 e. The number of esters is 1. The molecule has 0 saturated carbocycles. The molecule has 74 valence electrons. The Morgan fingerprint density at radius 2 is 1.93 bits per heavy atom. The lowest BCUT2D eigenvalue weighted by atomic mass is 10.1. The Bertz CT molecular complexity index is 347. The van der Waals surface area contributed by atoms with E-state index in [-0.39, 0.29) is 5.97 Å². The van der Waals surface area contributed by atoms with E-state index in [4.69, 9.17) is 9.47 Å². The van der Waals surface area contributed by atoms with E-state index in [1.807, 2.05) is 30.3 Å². The van der Waals surface area contributed by atoms with Crippen LogP contribution in [0.1, 0.15) is 19.4 Å². The average Bonchev–Trinajstić information content (AvgIpc) is 2.44. The molecule has 0 unspecified atom stereocenters. The van der Waals surface area contributed by atoms with Crippen LogP contribution in [0.5, 0.6) is 0 Å². The lowest BCUT2D eigenvalue weighted by Crippen LogP contribution is -2.23. The minimum Gasteiger partial charge on any atom is -0.427 e. The Hall–Kier alpha value is -1.35. The summed E-state index contributed by atoms with van der Waals surface area (Å²) in [6.45, 7) is 3.44. The minimum atomic E-state index is -0.919. The van der Waals surface area contributed by atoms with Gasteiger partial charge in [0.1, 0.15) is 0 Å². The third kappa shape index (κ3) is 1.40. The first-order chi connectivity index (χ1) is 6.62. The van der Waals surface area contributed by atoms with Crippen LogP contribution in [0.15, 0.2) is 30.3 Å². The number of benzene rings is 1. The summed E-state index contributed by atoms with van der Waals surface area (Å²) < 4.78 is 10.7. The van der Waals surface area contributed by atoms with Crippen molar-refractivity contribution in [1.82, 2.24) is 0 Å². The highest BCUT2D eigenvalue weighted by molar-refractivity contribution is 5.76. The zero-order chi connectivity index (χ0) is 10.2. The molecular formula is C11H12O3. The van der Waals surface area contributed by atoms with E-state index in [1.165, 1.54) is 0 Å². The molecule has 1 saturated heterocycles. The van der Waals surface area contributed by atoms with Crippen LogP contribution in [0.3, 0.4) is 0 Å². The summed E-state index contributed by atoms with van der Waals surface area (Å²) in [5.74, 6) is -1.23. The van der Waals surface area contributed by atoms with E-state index in [0.29, 0.717) is 0 Å². The quantitative estimate of drug-likeness (QED) is 0.637. The molecule has 1 aliphatic rings. The molecule has 1 fully saturated rings. The van der Waals surface area contributed by atoms with Gasteiger partial charge in [0.05, 0.1) is 0 Å². The molecule has 0 aromatic heterocycles. The SMILES string of the molecule is C[C@H]1O[C@@](C)(c2ccccc2)OC1=O. The highest BCUT2D eigenvalue weighted by Crippen LogP contribution is 2.33. The maximum absolute atomic E-state index is 11.2. The van der Waals surface area contributed by atoms with Crippen molar-refractivity contribution in [2.24, 2.45) is 0 Å². The summed E-state index contributed by atoms with van der Waals surface area (Å²) >= 11 is 0. The maximum Gasteiger partial charge on any atom is 0.337 e. The molecule has 0 spiro atoms. The molecular weight excluding hydrogens is 180 g/mol. The first kappa shape index (κ1) is 9.21. The van der Waals surface area contributed by atoms with Gasteiger partial charge in [-0.1, -0.05) is 30.3 Å². The van der Waals surface area contributed by atoms with Crippen LogP contribution in [-0.4, -0.2) is 12.1 Å². The van der Waals surface area contributed by atoms with Crippen LogP contribution >= 0.6 is 0 Å². The fourth-order valence-corrected chi connectivity index (χ4v) is 1.55. The van der Waals surface area contributed by atoms with Crippen molar-refractivity contribution >= 4 is 5.97 Å². The fraction of sp³-hybridized carbons (Fsp3) is 0.364. The van der Waals surface area contributed by atoms with Gasteiger partial charge in [0.15, 0.2) is 6.10 Å². The summed E-state index contributed by atoms with van der Waals surface area (Å²) in [5.41, 5.74) is 0.859. The summed E-state index contributed by atoms with van der Waals surface area (Å²) in [6, 6.07) is 9.45. The smallest absolute Gasteiger partial charge is 0.337 e. The van der Waals surface area contributed by atoms with E-state index >= 15 is 0 Å². The first-order valence-electron chi connectivity index (χ1n) is 4.58. The normalized spacial score (nSPS) is 31.6. The Morgan fingerprint density at radius 3 is 2.43 bits per heavy atom. The molecule has 0 radical (unpaired) electrons. The summed E-state index contributed by atoms with van der Waals surface area (Å²) in [4.78, 5) is 11.2. The molecule has 1 heterocycles. The lowest BCUT2D eigenvalue weighted by Gasteiger charge is -2.21. The van der Waals surface area contributed by atoms with Crippen LogP contribution in [0.25, 0.3) is 0 Å². The highest BCUT2D eigenvalue weighted by atomic mass is 16.8. The van der Waals surface area contributed by atoms with Crippen LogP contribution < -0.4 is 0 Å². The third-order valence-corrected chi connectivity index (χ3v) is 2.33. The van der Waals surface area contributed by atoms with Crippen LogP contribution in [0, 0.1) is 0 Å². The number of carbonyl (C=O) groups is 1. The Labute approximate surface area is 82.6 Å². The molecule has 14 heavy (non-hydrogen) atoms. The van der Waals surface area contributed by atoms with Gasteiger partial charge in [-0.3, -0.25) is 0 Å². The van der Waals surface area contributed by atoms with Gasteiger partial charge in [0.2, 0.25) is 5.79 Å². The standard InChI is InChI=1S/C11H12O3/c1-8-10(12)14-11(2,13-8)9-6-4-3-5-7-9/h3-8H,1-2H3/t8-,11-/m1/s1. The fourth-order valence-electron chi connectivity index (χ4n) is 1.55. The number of rotatable bonds is 1. The van der Waals surface area contributed by atoms with Crippen molar-refractivity contribution in [1.29, 1.82) is 0 Å². The van der Waals surface area contributed by atoms with Crippen molar-refractivity contribution in [3.63, 3.8) is 0 Å². The van der Waals surface area contributed by atoms with Gasteiger partial charge in [-0.25, -0.2) is 4.79 Å². The van der Waals surface area contributed by atoms with Crippen LogP contribution in [0.2, 0.25) is 0 Å². The van der Waals surface area contributed by atoms with Gasteiger partial charge in [-0.15, -0.1) is 0 Å². The molecule has 1 aliphatic heterocycles. The second-order valence-electron chi connectivity index (χ2n) is 3.49. The molecule has 2 rings (SSSR count). The minimum absolute atomic E-state index is 0.309. The summed E-state index contributed by atoms with van der Waals surface area (Å²) in [6.07, 6.45) is -0.486. The van der Waals surface area contributed by atoms with Crippen molar-refractivity contribution in [2.75, 3.05) is 0 Å². The molecule has 1 aromatic carbocycles. The molecule has 2 atom stereocenters. The van der Waals surface area contributed by atoms with E-state index in [1.54, 1.807) is 13.8 Å². The van der Waals surface area contributed by atoms with Crippen LogP contribution in [0.4, 0.5) is 0 Å². The topological polar surface area (TPSA) is 35.5 Å². The van der Waals surface area contributed by atoms with E-state index in [2.05, 4.69) is 0 Å². The van der Waals surface area contributed by atoms with E-state index in [0.717, 1.165) is 5.56 Å². The van der Waals surface area contributed by atoms with E-state index < -0.39 is 11.9 Å². The molecule has 1 aromatic rings. The van der Waals surface area contributed by atoms with Crippen LogP contribution in [-0.2, 0) is 20.1 Å². The van der Waals surface area contributed by atoms with Gasteiger partial charge in [0.25, 0.3) is 0 Å². The van der Waals surface area contributed by atoms with E-state index in [9.17, 15) is 4.79 Å². The van der Waals surface area contributed by atoms with Crippen molar-refractivity contribution in [3.8, 4) is 0 Å². The number of cyclic esters (lactones) is 1. The summed E-state index contributed by atoms with van der Waals surface area (Å²) in [5, 5.41) is 0. The second-order valence-corrected chi connectivity index (χ2v) is 3.49. The number of carbonyl (C=O) groups excluding carboxylic acids is 1. The second kappa shape index (κ2) is 3.10. The van der Waals surface area contributed by atoms with Crippen molar-refractivity contribution < 1.29 is 14.3 Å². The number of hydrogen-bond donors (Lipinski definition) is 0. The van der Waals surface area contributed by atoms with Crippen molar-refractivity contribution in [2.45, 2.75) is 25.7 Å². The van der Waals surface area contributed by atoms with Crippen molar-refractivity contribution in [3.05, 3.63) is 35.9 Å². The predicted octanol–water partition coefficient (Wildman–Crippen LogP) is 1.82. The molecule has 3 nitrogen and oxygen atoms in total. The number of hydrogen-bond acceptors (Lipinski definition) is 3. The first-order valence-corrected chi connectivity index (χ1v) is 4.58. The lowest BCUT2D eigenvalue weighted by molar-refractivity contribution is -0.173. The third-order valence-electron chi connectivity index (χ3n) is 2.33. The molecule has 0 amide bonds. The maximum atomic E-state index is 11.2. The Kier molecular flexibility index (Phi) is 2.04. The average molecular weight is 192 g/mol. The molecule has 0 N–H and O–H groups in total. The van der Waals surface area contributed by atoms with Gasteiger partial charge in [-0.05, 0) is 6.92 Å². The van der Waals surface area contributed by atoms with Gasteiger partial charge in [-0.2, -0.15) is 0 Å². The molecule has 0 aliphatic carbocycles. The molecule has 3 heteroatoms.